The number of benzene rings is 1. The smallest absolute Gasteiger partial charge is 0.320 e. The van der Waals surface area contributed by atoms with Gasteiger partial charge in [-0.25, -0.2) is 0 Å². The quantitative estimate of drug-likeness (QED) is 0.429. The molecule has 1 atom stereocenters. The van der Waals surface area contributed by atoms with Crippen LogP contribution in [0.3, 0.4) is 0 Å². The number of rotatable bonds is 4. The molecule has 0 N–H and O–H groups in total. The zero-order valence-electron chi connectivity index (χ0n) is 8.90. The Morgan fingerprint density at radius 2 is 2.13 bits per heavy atom. The predicted octanol–water partition coefficient (Wildman–Crippen LogP) is 1.84. The van der Waals surface area contributed by atoms with Gasteiger partial charge in [0.05, 0.1) is 6.61 Å². The largest absolute Gasteiger partial charge is 0.465 e. The molecule has 0 aliphatic heterocycles. The Hall–Kier alpha value is -1.64. The van der Waals surface area contributed by atoms with Crippen LogP contribution in [0.1, 0.15) is 24.0 Å². The van der Waals surface area contributed by atoms with Crippen molar-refractivity contribution < 1.29 is 14.3 Å². The fourth-order valence-electron chi connectivity index (χ4n) is 1.42. The Morgan fingerprint density at radius 1 is 1.47 bits per heavy atom. The Labute approximate surface area is 89.1 Å². The van der Waals surface area contributed by atoms with E-state index in [1.807, 2.05) is 19.1 Å². The van der Waals surface area contributed by atoms with E-state index in [-0.39, 0.29) is 6.61 Å². The molecule has 1 rings (SSSR count). The molecule has 0 saturated carbocycles. The van der Waals surface area contributed by atoms with E-state index in [1.54, 1.807) is 19.1 Å². The summed E-state index contributed by atoms with van der Waals surface area (Å²) >= 11 is 0. The minimum Gasteiger partial charge on any atom is -0.465 e. The fraction of sp³-hybridized carbons (Fsp3) is 0.333. The second-order valence-corrected chi connectivity index (χ2v) is 3.22. The summed E-state index contributed by atoms with van der Waals surface area (Å²) in [5.41, 5.74) is 1.63. The maximum absolute atomic E-state index is 11.5. The zero-order valence-corrected chi connectivity index (χ0v) is 8.90. The van der Waals surface area contributed by atoms with Crippen molar-refractivity contribution in [3.63, 3.8) is 0 Å². The summed E-state index contributed by atoms with van der Waals surface area (Å²) in [6.45, 7) is 3.87. The van der Waals surface area contributed by atoms with Crippen molar-refractivity contribution in [1.82, 2.24) is 0 Å². The Balaban J connectivity index is 2.97. The van der Waals surface area contributed by atoms with Crippen molar-refractivity contribution in [3.05, 3.63) is 35.4 Å². The molecule has 0 amide bonds. The van der Waals surface area contributed by atoms with Crippen molar-refractivity contribution in [2.45, 2.75) is 19.8 Å². The molecule has 1 aromatic rings. The van der Waals surface area contributed by atoms with Crippen LogP contribution in [0.25, 0.3) is 0 Å². The molecule has 0 aromatic heterocycles. The number of aryl methyl sites for hydroxylation is 1. The SMILES string of the molecule is CCOC(=O)C(C=O)c1ccccc1C. The first-order valence-corrected chi connectivity index (χ1v) is 4.88. The highest BCUT2D eigenvalue weighted by atomic mass is 16.5. The first kappa shape index (κ1) is 11.4. The van der Waals surface area contributed by atoms with Crippen LogP contribution in [-0.2, 0) is 14.3 Å². The van der Waals surface area contributed by atoms with Gasteiger partial charge in [-0.1, -0.05) is 24.3 Å². The molecule has 0 bridgehead atoms. The number of aldehydes is 1. The Bertz CT molecular complexity index is 358. The van der Waals surface area contributed by atoms with Gasteiger partial charge in [0.1, 0.15) is 12.2 Å². The van der Waals surface area contributed by atoms with Crippen LogP contribution in [-0.4, -0.2) is 18.9 Å². The van der Waals surface area contributed by atoms with Gasteiger partial charge < -0.3 is 9.53 Å². The lowest BCUT2D eigenvalue weighted by Crippen LogP contribution is -2.18. The van der Waals surface area contributed by atoms with E-state index in [0.29, 0.717) is 11.8 Å². The molecule has 15 heavy (non-hydrogen) atoms. The number of ether oxygens (including phenoxy) is 1. The van der Waals surface area contributed by atoms with Gasteiger partial charge in [-0.15, -0.1) is 0 Å². The molecule has 3 heteroatoms. The Morgan fingerprint density at radius 3 is 2.67 bits per heavy atom. The molecule has 0 radical (unpaired) electrons. The van der Waals surface area contributed by atoms with Crippen LogP contribution in [0.4, 0.5) is 0 Å². The van der Waals surface area contributed by atoms with Crippen LogP contribution in [0, 0.1) is 6.92 Å². The lowest BCUT2D eigenvalue weighted by Gasteiger charge is -2.11. The molecule has 0 heterocycles. The third kappa shape index (κ3) is 2.65. The summed E-state index contributed by atoms with van der Waals surface area (Å²) in [5.74, 6) is -1.28. The van der Waals surface area contributed by atoms with E-state index in [4.69, 9.17) is 4.74 Å². The molecular weight excluding hydrogens is 192 g/mol. The van der Waals surface area contributed by atoms with Crippen molar-refractivity contribution >= 4 is 12.3 Å². The number of carbonyl (C=O) groups is 2. The maximum Gasteiger partial charge on any atom is 0.320 e. The number of esters is 1. The average molecular weight is 206 g/mol. The van der Waals surface area contributed by atoms with Gasteiger partial charge in [-0.2, -0.15) is 0 Å². The molecule has 0 aliphatic rings. The highest BCUT2D eigenvalue weighted by molar-refractivity contribution is 5.94. The monoisotopic (exact) mass is 206 g/mol. The van der Waals surface area contributed by atoms with Gasteiger partial charge in [-0.05, 0) is 25.0 Å². The topological polar surface area (TPSA) is 43.4 Å². The van der Waals surface area contributed by atoms with Gasteiger partial charge in [0, 0.05) is 0 Å². The van der Waals surface area contributed by atoms with E-state index in [2.05, 4.69) is 0 Å². The van der Waals surface area contributed by atoms with Gasteiger partial charge in [0.25, 0.3) is 0 Å². The normalized spacial score (nSPS) is 11.9. The lowest BCUT2D eigenvalue weighted by molar-refractivity contribution is -0.146. The van der Waals surface area contributed by atoms with Gasteiger partial charge in [0.2, 0.25) is 0 Å². The highest BCUT2D eigenvalue weighted by Crippen LogP contribution is 2.19. The van der Waals surface area contributed by atoms with Crippen LogP contribution >= 0.6 is 0 Å². The first-order chi connectivity index (χ1) is 7.20. The van der Waals surface area contributed by atoms with Crippen molar-refractivity contribution in [2.24, 2.45) is 0 Å². The second-order valence-electron chi connectivity index (χ2n) is 3.22. The van der Waals surface area contributed by atoms with Crippen molar-refractivity contribution in [3.8, 4) is 0 Å². The predicted molar refractivity (Wildman–Crippen MR) is 56.6 cm³/mol. The lowest BCUT2D eigenvalue weighted by atomic mass is 9.96. The van der Waals surface area contributed by atoms with Crippen LogP contribution < -0.4 is 0 Å². The van der Waals surface area contributed by atoms with Crippen molar-refractivity contribution in [2.75, 3.05) is 6.61 Å². The van der Waals surface area contributed by atoms with Crippen LogP contribution in [0.15, 0.2) is 24.3 Å². The number of hydrogen-bond donors (Lipinski definition) is 0. The molecule has 3 nitrogen and oxygen atoms in total. The van der Waals surface area contributed by atoms with Gasteiger partial charge >= 0.3 is 5.97 Å². The summed E-state index contributed by atoms with van der Waals surface area (Å²) in [4.78, 5) is 22.3. The maximum atomic E-state index is 11.5. The molecule has 0 aliphatic carbocycles. The second kappa shape index (κ2) is 5.29. The number of carbonyl (C=O) groups excluding carboxylic acids is 2. The average Bonchev–Trinajstić information content (AvgIpc) is 2.22. The van der Waals surface area contributed by atoms with E-state index >= 15 is 0 Å². The van der Waals surface area contributed by atoms with E-state index in [1.165, 1.54) is 0 Å². The minimum atomic E-state index is -0.800. The summed E-state index contributed by atoms with van der Waals surface area (Å²) in [6, 6.07) is 7.31. The molecule has 1 aromatic carbocycles. The standard InChI is InChI=1S/C12H14O3/c1-3-15-12(14)11(8-13)10-7-5-4-6-9(10)2/h4-8,11H,3H2,1-2H3. The molecule has 0 saturated heterocycles. The third-order valence-corrected chi connectivity index (χ3v) is 2.20. The highest BCUT2D eigenvalue weighted by Gasteiger charge is 2.22. The fourth-order valence-corrected chi connectivity index (χ4v) is 1.42. The minimum absolute atomic E-state index is 0.287. The molecule has 0 fully saturated rings. The molecule has 80 valence electrons. The van der Waals surface area contributed by atoms with Gasteiger partial charge in [-0.3, -0.25) is 4.79 Å². The van der Waals surface area contributed by atoms with Crippen LogP contribution in [0.5, 0.6) is 0 Å². The first-order valence-electron chi connectivity index (χ1n) is 4.88. The molecule has 0 spiro atoms. The number of hydrogen-bond acceptors (Lipinski definition) is 3. The van der Waals surface area contributed by atoms with Crippen molar-refractivity contribution in [1.29, 1.82) is 0 Å². The van der Waals surface area contributed by atoms with Crippen LogP contribution in [0.2, 0.25) is 0 Å². The third-order valence-electron chi connectivity index (χ3n) is 2.20. The molecule has 1 unspecified atom stereocenters. The summed E-state index contributed by atoms with van der Waals surface area (Å²) in [7, 11) is 0. The Kier molecular flexibility index (Phi) is 4.03. The van der Waals surface area contributed by atoms with E-state index in [0.717, 1.165) is 5.56 Å². The van der Waals surface area contributed by atoms with Gasteiger partial charge in [0.15, 0.2) is 0 Å². The summed E-state index contributed by atoms with van der Waals surface area (Å²) in [5, 5.41) is 0. The molecular formula is C12H14O3. The van der Waals surface area contributed by atoms with E-state index < -0.39 is 11.9 Å². The zero-order chi connectivity index (χ0) is 11.3. The van der Waals surface area contributed by atoms with E-state index in [9.17, 15) is 9.59 Å². The summed E-state index contributed by atoms with van der Waals surface area (Å²) < 4.78 is 4.83. The summed E-state index contributed by atoms with van der Waals surface area (Å²) in [6.07, 6.45) is 0.625.